The minimum atomic E-state index is -0.268. The fourth-order valence-corrected chi connectivity index (χ4v) is 1.60. The van der Waals surface area contributed by atoms with Crippen LogP contribution in [0.2, 0.25) is 0 Å². The molecule has 3 rings (SSSR count). The maximum Gasteiger partial charge on any atom is 0.277 e. The molecule has 0 spiro atoms. The van der Waals surface area contributed by atoms with E-state index in [-0.39, 0.29) is 11.3 Å². The molecular weight excluding hydrogens is 220 g/mol. The van der Waals surface area contributed by atoms with Crippen LogP contribution in [-0.2, 0) is 0 Å². The average molecular weight is 228 g/mol. The maximum atomic E-state index is 11.7. The second-order valence-electron chi connectivity index (χ2n) is 3.56. The molecular formula is C11H8N4O2. The fourth-order valence-electron chi connectivity index (χ4n) is 1.60. The van der Waals surface area contributed by atoms with Crippen molar-refractivity contribution < 1.29 is 5.11 Å². The van der Waals surface area contributed by atoms with E-state index >= 15 is 0 Å². The van der Waals surface area contributed by atoms with Crippen LogP contribution in [-0.4, -0.2) is 25.0 Å². The van der Waals surface area contributed by atoms with Crippen molar-refractivity contribution >= 4 is 11.2 Å². The van der Waals surface area contributed by atoms with Gasteiger partial charge in [0, 0.05) is 5.56 Å². The van der Waals surface area contributed by atoms with Crippen molar-refractivity contribution in [2.45, 2.75) is 0 Å². The van der Waals surface area contributed by atoms with Crippen molar-refractivity contribution in [3.63, 3.8) is 0 Å². The number of nitrogens with zero attached hydrogens (tertiary/aromatic N) is 2. The molecule has 1 aromatic carbocycles. The summed E-state index contributed by atoms with van der Waals surface area (Å²) in [6, 6.07) is 6.41. The lowest BCUT2D eigenvalue weighted by molar-refractivity contribution is 0.475. The predicted molar refractivity (Wildman–Crippen MR) is 61.6 cm³/mol. The third kappa shape index (κ3) is 1.55. The molecule has 0 saturated carbocycles. The number of aromatic hydroxyl groups is 1. The summed E-state index contributed by atoms with van der Waals surface area (Å²) < 4.78 is 0. The number of phenols is 1. The van der Waals surface area contributed by atoms with E-state index in [9.17, 15) is 9.90 Å². The van der Waals surface area contributed by atoms with E-state index < -0.39 is 0 Å². The van der Waals surface area contributed by atoms with Gasteiger partial charge < -0.3 is 15.1 Å². The zero-order valence-electron chi connectivity index (χ0n) is 8.64. The van der Waals surface area contributed by atoms with Gasteiger partial charge in [-0.15, -0.1) is 0 Å². The van der Waals surface area contributed by atoms with E-state index in [0.29, 0.717) is 22.6 Å². The summed E-state index contributed by atoms with van der Waals surface area (Å²) in [5.74, 6) is 0.589. The number of phenolic OH excluding ortho intramolecular Hbond substituents is 1. The van der Waals surface area contributed by atoms with Crippen molar-refractivity contribution in [3.8, 4) is 17.1 Å². The van der Waals surface area contributed by atoms with E-state index in [2.05, 4.69) is 19.9 Å². The molecule has 0 amide bonds. The van der Waals surface area contributed by atoms with Crippen LogP contribution < -0.4 is 5.56 Å². The molecule has 0 radical (unpaired) electrons. The van der Waals surface area contributed by atoms with Gasteiger partial charge in [0.2, 0.25) is 0 Å². The summed E-state index contributed by atoms with van der Waals surface area (Å²) in [5, 5.41) is 9.19. The van der Waals surface area contributed by atoms with E-state index in [1.54, 1.807) is 12.1 Å². The van der Waals surface area contributed by atoms with Crippen LogP contribution in [0, 0.1) is 0 Å². The Balaban J connectivity index is 2.23. The Kier molecular flexibility index (Phi) is 1.94. The molecule has 84 valence electrons. The van der Waals surface area contributed by atoms with Crippen molar-refractivity contribution in [2.75, 3.05) is 0 Å². The number of fused-ring (bicyclic) bond motifs is 1. The molecule has 0 saturated heterocycles. The highest BCUT2D eigenvalue weighted by Crippen LogP contribution is 2.18. The lowest BCUT2D eigenvalue weighted by Crippen LogP contribution is -2.09. The van der Waals surface area contributed by atoms with Gasteiger partial charge in [-0.05, 0) is 24.3 Å². The number of imidazole rings is 1. The highest BCUT2D eigenvalue weighted by molar-refractivity contribution is 5.71. The fraction of sp³-hybridized carbons (Fsp3) is 0. The van der Waals surface area contributed by atoms with Gasteiger partial charge in [0.15, 0.2) is 11.2 Å². The Labute approximate surface area is 95.0 Å². The van der Waals surface area contributed by atoms with Crippen LogP contribution in [0.5, 0.6) is 5.75 Å². The second kappa shape index (κ2) is 3.44. The number of H-pyrrole nitrogens is 2. The highest BCUT2D eigenvalue weighted by atomic mass is 16.3. The van der Waals surface area contributed by atoms with Gasteiger partial charge in [0.05, 0.1) is 6.33 Å². The number of rotatable bonds is 1. The Bertz CT molecular complexity index is 727. The average Bonchev–Trinajstić information content (AvgIpc) is 2.78. The summed E-state index contributed by atoms with van der Waals surface area (Å²) in [6.07, 6.45) is 1.42. The third-order valence-electron chi connectivity index (χ3n) is 2.44. The smallest absolute Gasteiger partial charge is 0.277 e. The van der Waals surface area contributed by atoms with E-state index in [1.165, 1.54) is 18.5 Å². The standard InChI is InChI=1S/C11H8N4O2/c16-7-3-1-6(2-4-7)9-14-10-8(11(17)15-9)12-5-13-10/h1-5,16H,(H2,12,13,14,15,17). The summed E-state index contributed by atoms with van der Waals surface area (Å²) in [5.41, 5.74) is 1.17. The molecule has 3 N–H and O–H groups in total. The molecule has 0 aliphatic carbocycles. The lowest BCUT2D eigenvalue weighted by atomic mass is 10.2. The number of aromatic nitrogens is 4. The molecule has 0 aliphatic heterocycles. The number of benzene rings is 1. The summed E-state index contributed by atoms with van der Waals surface area (Å²) in [6.45, 7) is 0. The van der Waals surface area contributed by atoms with Crippen molar-refractivity contribution in [1.29, 1.82) is 0 Å². The molecule has 3 aromatic rings. The molecule has 2 heterocycles. The van der Waals surface area contributed by atoms with Gasteiger partial charge in [-0.2, -0.15) is 0 Å². The molecule has 6 heteroatoms. The van der Waals surface area contributed by atoms with Gasteiger partial charge in [-0.1, -0.05) is 0 Å². The molecule has 2 aromatic heterocycles. The maximum absolute atomic E-state index is 11.7. The Morgan fingerprint density at radius 3 is 2.71 bits per heavy atom. The molecule has 6 nitrogen and oxygen atoms in total. The van der Waals surface area contributed by atoms with Gasteiger partial charge >= 0.3 is 0 Å². The first kappa shape index (κ1) is 9.59. The monoisotopic (exact) mass is 228 g/mol. The summed E-state index contributed by atoms with van der Waals surface area (Å²) >= 11 is 0. The van der Waals surface area contributed by atoms with Gasteiger partial charge in [-0.3, -0.25) is 4.79 Å². The minimum absolute atomic E-state index is 0.164. The van der Waals surface area contributed by atoms with Gasteiger partial charge in [-0.25, -0.2) is 9.97 Å². The SMILES string of the molecule is O=c1[nH]c(-c2ccc(O)cc2)nc2nc[nH]c12. The number of aromatic amines is 2. The molecule has 0 atom stereocenters. The minimum Gasteiger partial charge on any atom is -0.508 e. The lowest BCUT2D eigenvalue weighted by Gasteiger charge is -2.00. The second-order valence-corrected chi connectivity index (χ2v) is 3.56. The Morgan fingerprint density at radius 1 is 1.18 bits per heavy atom. The highest BCUT2D eigenvalue weighted by Gasteiger charge is 2.07. The number of hydrogen-bond donors (Lipinski definition) is 3. The third-order valence-corrected chi connectivity index (χ3v) is 2.44. The van der Waals surface area contributed by atoms with Crippen LogP contribution >= 0.6 is 0 Å². The Morgan fingerprint density at radius 2 is 1.94 bits per heavy atom. The molecule has 17 heavy (non-hydrogen) atoms. The van der Waals surface area contributed by atoms with Crippen molar-refractivity contribution in [1.82, 2.24) is 19.9 Å². The zero-order valence-corrected chi connectivity index (χ0v) is 8.64. The van der Waals surface area contributed by atoms with Crippen LogP contribution in [0.25, 0.3) is 22.6 Å². The zero-order chi connectivity index (χ0) is 11.8. The summed E-state index contributed by atoms with van der Waals surface area (Å²) in [7, 11) is 0. The van der Waals surface area contributed by atoms with Crippen LogP contribution in [0.15, 0.2) is 35.4 Å². The van der Waals surface area contributed by atoms with E-state index in [1.807, 2.05) is 0 Å². The first-order valence-corrected chi connectivity index (χ1v) is 4.97. The quantitative estimate of drug-likeness (QED) is 0.579. The van der Waals surface area contributed by atoms with Crippen LogP contribution in [0.4, 0.5) is 0 Å². The molecule has 0 aliphatic rings. The predicted octanol–water partition coefficient (Wildman–Crippen LogP) is 1.02. The van der Waals surface area contributed by atoms with Crippen molar-refractivity contribution in [3.05, 3.63) is 40.9 Å². The number of hydrogen-bond acceptors (Lipinski definition) is 4. The first-order valence-electron chi connectivity index (χ1n) is 4.97. The van der Waals surface area contributed by atoms with E-state index in [4.69, 9.17) is 0 Å². The molecule has 0 bridgehead atoms. The van der Waals surface area contributed by atoms with Crippen molar-refractivity contribution in [2.24, 2.45) is 0 Å². The number of nitrogens with one attached hydrogen (secondary N) is 2. The normalized spacial score (nSPS) is 10.8. The van der Waals surface area contributed by atoms with Gasteiger partial charge in [0.1, 0.15) is 11.6 Å². The van der Waals surface area contributed by atoms with E-state index in [0.717, 1.165) is 0 Å². The molecule has 0 fully saturated rings. The van der Waals surface area contributed by atoms with Crippen LogP contribution in [0.3, 0.4) is 0 Å². The largest absolute Gasteiger partial charge is 0.508 e. The van der Waals surface area contributed by atoms with Gasteiger partial charge in [0.25, 0.3) is 5.56 Å². The molecule has 0 unspecified atom stereocenters. The van der Waals surface area contributed by atoms with Crippen LogP contribution in [0.1, 0.15) is 0 Å². The topological polar surface area (TPSA) is 94.7 Å². The Hall–Kier alpha value is -2.63. The summed E-state index contributed by atoms with van der Waals surface area (Å²) in [4.78, 5) is 25.2. The first-order chi connectivity index (χ1) is 8.24.